The van der Waals surface area contributed by atoms with Crippen molar-refractivity contribution in [2.45, 2.75) is 64.5 Å². The third-order valence-corrected chi connectivity index (χ3v) is 5.27. The minimum Gasteiger partial charge on any atom is -0.464 e. The Morgan fingerprint density at radius 2 is 2.00 bits per heavy atom. The lowest BCUT2D eigenvalue weighted by Gasteiger charge is -2.32. The highest BCUT2D eigenvalue weighted by Crippen LogP contribution is 2.24. The average Bonchev–Trinajstić information content (AvgIpc) is 3.02. The highest BCUT2D eigenvalue weighted by atomic mass is 16.5. The lowest BCUT2D eigenvalue weighted by atomic mass is 9.94. The molecule has 1 atom stereocenters. The molecule has 1 aliphatic rings. The van der Waals surface area contributed by atoms with E-state index >= 15 is 0 Å². The molecule has 0 radical (unpaired) electrons. The molecular weight excluding hydrogens is 330 g/mol. The van der Waals surface area contributed by atoms with Crippen molar-refractivity contribution in [3.63, 3.8) is 0 Å². The number of nitrogens with zero attached hydrogens (tertiary/aromatic N) is 1. The van der Waals surface area contributed by atoms with E-state index in [4.69, 9.17) is 9.15 Å². The molecule has 1 fully saturated rings. The molecule has 0 aliphatic heterocycles. The average molecular weight is 357 g/mol. The number of hydrogen-bond donors (Lipinski definition) is 0. The number of carbonyl (C=O) groups is 2. The molecule has 1 heterocycles. The van der Waals surface area contributed by atoms with E-state index in [1.165, 1.54) is 6.42 Å². The van der Waals surface area contributed by atoms with Crippen molar-refractivity contribution in [2.24, 2.45) is 0 Å². The molecule has 5 heteroatoms. The number of likely N-dealkylation sites (N-methyl/N-ethyl adjacent to an activating group) is 1. The van der Waals surface area contributed by atoms with Gasteiger partial charge in [-0.25, -0.2) is 0 Å². The molecule has 0 spiro atoms. The molecule has 1 saturated carbocycles. The maximum absolute atomic E-state index is 12.6. The molecule has 140 valence electrons. The standard InChI is InChI=1S/C21H27NO4/c1-14-9-10-18-16(13-25-19(18)11-14)12-20(23)26-15(2)21(24)22(3)17-7-5-4-6-8-17/h9-11,13,15,17H,4-8,12H2,1-3H3/t15-/m1/s1. The van der Waals surface area contributed by atoms with E-state index in [2.05, 4.69) is 0 Å². The molecular formula is C21H27NO4. The fraction of sp³-hybridized carbons (Fsp3) is 0.524. The van der Waals surface area contributed by atoms with Crippen LogP contribution < -0.4 is 0 Å². The Morgan fingerprint density at radius 3 is 2.73 bits per heavy atom. The van der Waals surface area contributed by atoms with Crippen LogP contribution in [0.1, 0.15) is 50.2 Å². The summed E-state index contributed by atoms with van der Waals surface area (Å²) in [6.07, 6.45) is 6.53. The summed E-state index contributed by atoms with van der Waals surface area (Å²) in [6, 6.07) is 6.13. The molecule has 1 aromatic carbocycles. The Morgan fingerprint density at radius 1 is 1.27 bits per heavy atom. The number of furan rings is 1. The summed E-state index contributed by atoms with van der Waals surface area (Å²) in [7, 11) is 1.81. The lowest BCUT2D eigenvalue weighted by Crippen LogP contribution is -2.44. The molecule has 2 aromatic rings. The van der Waals surface area contributed by atoms with Crippen LogP contribution in [0, 0.1) is 6.92 Å². The van der Waals surface area contributed by atoms with Gasteiger partial charge >= 0.3 is 5.97 Å². The topological polar surface area (TPSA) is 59.8 Å². The lowest BCUT2D eigenvalue weighted by molar-refractivity contribution is -0.159. The van der Waals surface area contributed by atoms with E-state index in [-0.39, 0.29) is 18.4 Å². The summed E-state index contributed by atoms with van der Waals surface area (Å²) in [5, 5.41) is 0.908. The van der Waals surface area contributed by atoms with E-state index in [9.17, 15) is 9.59 Å². The van der Waals surface area contributed by atoms with Gasteiger partial charge in [-0.05, 0) is 38.3 Å². The summed E-state index contributed by atoms with van der Waals surface area (Å²) in [4.78, 5) is 26.6. The number of aryl methyl sites for hydroxylation is 1. The first-order valence-corrected chi connectivity index (χ1v) is 9.38. The number of esters is 1. The maximum atomic E-state index is 12.6. The fourth-order valence-corrected chi connectivity index (χ4v) is 3.71. The van der Waals surface area contributed by atoms with Gasteiger partial charge in [0.05, 0.1) is 12.7 Å². The van der Waals surface area contributed by atoms with Gasteiger partial charge in [-0.2, -0.15) is 0 Å². The summed E-state index contributed by atoms with van der Waals surface area (Å²) in [5.41, 5.74) is 2.64. The number of benzene rings is 1. The Kier molecular flexibility index (Phi) is 5.64. The summed E-state index contributed by atoms with van der Waals surface area (Å²) in [6.45, 7) is 3.64. The van der Waals surface area contributed by atoms with Gasteiger partial charge in [0.2, 0.25) is 0 Å². The third-order valence-electron chi connectivity index (χ3n) is 5.27. The number of amides is 1. The molecule has 1 amide bonds. The molecule has 5 nitrogen and oxygen atoms in total. The zero-order chi connectivity index (χ0) is 18.7. The van der Waals surface area contributed by atoms with E-state index in [1.54, 1.807) is 18.1 Å². The number of carbonyl (C=O) groups excluding carboxylic acids is 2. The van der Waals surface area contributed by atoms with E-state index in [0.29, 0.717) is 0 Å². The van der Waals surface area contributed by atoms with Gasteiger partial charge in [-0.3, -0.25) is 9.59 Å². The van der Waals surface area contributed by atoms with Crippen LogP contribution in [0.3, 0.4) is 0 Å². The van der Waals surface area contributed by atoms with Crippen LogP contribution in [-0.4, -0.2) is 36.0 Å². The second-order valence-electron chi connectivity index (χ2n) is 7.31. The van der Waals surface area contributed by atoms with E-state index < -0.39 is 12.1 Å². The highest BCUT2D eigenvalue weighted by Gasteiger charge is 2.27. The third kappa shape index (κ3) is 4.09. The smallest absolute Gasteiger partial charge is 0.311 e. The van der Waals surface area contributed by atoms with Crippen LogP contribution in [-0.2, 0) is 20.7 Å². The first-order chi connectivity index (χ1) is 12.5. The van der Waals surface area contributed by atoms with Crippen LogP contribution in [0.25, 0.3) is 11.0 Å². The first-order valence-electron chi connectivity index (χ1n) is 9.38. The van der Waals surface area contributed by atoms with Crippen LogP contribution in [0.5, 0.6) is 0 Å². The fourth-order valence-electron chi connectivity index (χ4n) is 3.71. The van der Waals surface area contributed by atoms with Crippen molar-refractivity contribution in [2.75, 3.05) is 7.05 Å². The monoisotopic (exact) mass is 357 g/mol. The van der Waals surface area contributed by atoms with Crippen LogP contribution in [0.15, 0.2) is 28.9 Å². The highest BCUT2D eigenvalue weighted by molar-refractivity contribution is 5.88. The number of ether oxygens (including phenoxy) is 1. The molecule has 1 aliphatic carbocycles. The predicted molar refractivity (Wildman–Crippen MR) is 99.9 cm³/mol. The van der Waals surface area contributed by atoms with Gasteiger partial charge in [-0.15, -0.1) is 0 Å². The van der Waals surface area contributed by atoms with Crippen LogP contribution >= 0.6 is 0 Å². The van der Waals surface area contributed by atoms with Crippen molar-refractivity contribution in [3.8, 4) is 0 Å². The zero-order valence-electron chi connectivity index (χ0n) is 15.8. The summed E-state index contributed by atoms with van der Waals surface area (Å²) >= 11 is 0. The molecule has 3 rings (SSSR count). The van der Waals surface area contributed by atoms with Crippen LogP contribution in [0.2, 0.25) is 0 Å². The van der Waals surface area contributed by atoms with Gasteiger partial charge in [0, 0.05) is 24.0 Å². The second-order valence-corrected chi connectivity index (χ2v) is 7.31. The zero-order valence-corrected chi connectivity index (χ0v) is 15.8. The maximum Gasteiger partial charge on any atom is 0.311 e. The quantitative estimate of drug-likeness (QED) is 0.759. The van der Waals surface area contributed by atoms with Crippen molar-refractivity contribution >= 4 is 22.8 Å². The van der Waals surface area contributed by atoms with Gasteiger partial charge < -0.3 is 14.1 Å². The van der Waals surface area contributed by atoms with E-state index in [1.807, 2.05) is 32.2 Å². The van der Waals surface area contributed by atoms with Gasteiger partial charge in [0.1, 0.15) is 5.58 Å². The Labute approximate surface area is 154 Å². The molecule has 26 heavy (non-hydrogen) atoms. The van der Waals surface area contributed by atoms with Gasteiger partial charge in [0.25, 0.3) is 5.91 Å². The first kappa shape index (κ1) is 18.5. The Bertz CT molecular complexity index is 788. The molecule has 0 unspecified atom stereocenters. The molecule has 0 saturated heterocycles. The van der Waals surface area contributed by atoms with Crippen molar-refractivity contribution in [1.29, 1.82) is 0 Å². The van der Waals surface area contributed by atoms with Crippen LogP contribution in [0.4, 0.5) is 0 Å². The Hall–Kier alpha value is -2.30. The molecule has 0 N–H and O–H groups in total. The normalized spacial score (nSPS) is 16.4. The minimum absolute atomic E-state index is 0.0980. The van der Waals surface area contributed by atoms with Gasteiger partial charge in [0.15, 0.2) is 6.10 Å². The number of rotatable bonds is 5. The summed E-state index contributed by atoms with van der Waals surface area (Å²) < 4.78 is 10.9. The SMILES string of the molecule is Cc1ccc2c(CC(=O)O[C@H](C)C(=O)N(C)C3CCCCC3)coc2c1. The van der Waals surface area contributed by atoms with E-state index in [0.717, 1.165) is 47.8 Å². The minimum atomic E-state index is -0.769. The van der Waals surface area contributed by atoms with Crippen molar-refractivity contribution in [3.05, 3.63) is 35.6 Å². The largest absolute Gasteiger partial charge is 0.464 e. The second kappa shape index (κ2) is 7.94. The molecule has 1 aromatic heterocycles. The van der Waals surface area contributed by atoms with Gasteiger partial charge in [-0.1, -0.05) is 31.4 Å². The molecule has 0 bridgehead atoms. The summed E-state index contributed by atoms with van der Waals surface area (Å²) in [5.74, 6) is -0.538. The predicted octanol–water partition coefficient (Wildman–Crippen LogP) is 4.01. The van der Waals surface area contributed by atoms with Crippen molar-refractivity contribution in [1.82, 2.24) is 4.90 Å². The Balaban J connectivity index is 1.58. The number of hydrogen-bond acceptors (Lipinski definition) is 4. The van der Waals surface area contributed by atoms with Crippen molar-refractivity contribution < 1.29 is 18.7 Å². The number of fused-ring (bicyclic) bond motifs is 1.